The Bertz CT molecular complexity index is 413. The lowest BCUT2D eigenvalue weighted by atomic mass is 10.2. The minimum atomic E-state index is -0.847. The van der Waals surface area contributed by atoms with Gasteiger partial charge in [0, 0.05) is 7.11 Å². The zero-order valence-electron chi connectivity index (χ0n) is 9.96. The van der Waals surface area contributed by atoms with Crippen LogP contribution in [0.2, 0.25) is 0 Å². The molecule has 1 heterocycles. The second-order valence-corrected chi connectivity index (χ2v) is 6.21. The number of anilines is 1. The van der Waals surface area contributed by atoms with Crippen molar-refractivity contribution >= 4 is 34.2 Å². The maximum Gasteiger partial charge on any atom is 0.313 e. The zero-order chi connectivity index (χ0) is 13.0. The molecule has 100 valence electrons. The lowest BCUT2D eigenvalue weighted by Gasteiger charge is -2.18. The first-order chi connectivity index (χ1) is 8.69. The fraction of sp³-hybridized carbons (Fsp3) is 0.700. The van der Waals surface area contributed by atoms with Gasteiger partial charge in [0.05, 0.1) is 17.9 Å². The predicted octanol–water partition coefficient (Wildman–Crippen LogP) is 1.69. The van der Waals surface area contributed by atoms with Gasteiger partial charge in [-0.1, -0.05) is 23.1 Å². The Morgan fingerprint density at radius 3 is 3.17 bits per heavy atom. The van der Waals surface area contributed by atoms with E-state index < -0.39 is 5.97 Å². The number of rotatable bonds is 6. The van der Waals surface area contributed by atoms with E-state index in [1.807, 2.05) is 0 Å². The standard InChI is InChI=1S/C10H15N3O3S2/c1-16-7-4-2-3-6(7)11-9-12-13-10(18-9)17-5-8(14)15/h6-7H,2-5H2,1H3,(H,11,12)(H,14,15). The molecule has 1 aliphatic carbocycles. The van der Waals surface area contributed by atoms with Gasteiger partial charge in [0.25, 0.3) is 0 Å². The highest BCUT2D eigenvalue weighted by Crippen LogP contribution is 2.29. The number of ether oxygens (including phenoxy) is 1. The van der Waals surface area contributed by atoms with Crippen molar-refractivity contribution in [1.29, 1.82) is 0 Å². The van der Waals surface area contributed by atoms with Gasteiger partial charge in [-0.3, -0.25) is 4.79 Å². The third kappa shape index (κ3) is 3.56. The number of carboxylic acid groups (broad SMARTS) is 1. The van der Waals surface area contributed by atoms with E-state index in [4.69, 9.17) is 9.84 Å². The fourth-order valence-electron chi connectivity index (χ4n) is 1.98. The van der Waals surface area contributed by atoms with Crippen LogP contribution in [-0.4, -0.2) is 46.3 Å². The molecular formula is C10H15N3O3S2. The highest BCUT2D eigenvalue weighted by atomic mass is 32.2. The molecule has 0 aromatic carbocycles. The number of carboxylic acids is 1. The first-order valence-corrected chi connectivity index (χ1v) is 7.46. The van der Waals surface area contributed by atoms with E-state index in [-0.39, 0.29) is 17.9 Å². The summed E-state index contributed by atoms with van der Waals surface area (Å²) in [5, 5.41) is 20.6. The number of hydrogen-bond acceptors (Lipinski definition) is 7. The summed E-state index contributed by atoms with van der Waals surface area (Å²) in [5.41, 5.74) is 0. The summed E-state index contributed by atoms with van der Waals surface area (Å²) in [5.74, 6) is -0.835. The molecule has 0 spiro atoms. The normalized spacial score (nSPS) is 23.2. The van der Waals surface area contributed by atoms with Crippen LogP contribution in [0.25, 0.3) is 0 Å². The van der Waals surface area contributed by atoms with Gasteiger partial charge in [-0.25, -0.2) is 0 Å². The number of aliphatic carboxylic acids is 1. The molecule has 1 fully saturated rings. The summed E-state index contributed by atoms with van der Waals surface area (Å²) in [6.07, 6.45) is 3.50. The minimum Gasteiger partial charge on any atom is -0.481 e. The van der Waals surface area contributed by atoms with Gasteiger partial charge in [-0.05, 0) is 19.3 Å². The van der Waals surface area contributed by atoms with Crippen LogP contribution < -0.4 is 5.32 Å². The zero-order valence-corrected chi connectivity index (χ0v) is 11.6. The molecule has 1 aromatic heterocycles. The van der Waals surface area contributed by atoms with E-state index >= 15 is 0 Å². The van der Waals surface area contributed by atoms with E-state index in [1.165, 1.54) is 23.1 Å². The first kappa shape index (κ1) is 13.6. The second-order valence-electron chi connectivity index (χ2n) is 4.01. The van der Waals surface area contributed by atoms with Gasteiger partial charge >= 0.3 is 5.97 Å². The molecule has 1 aromatic rings. The molecule has 18 heavy (non-hydrogen) atoms. The molecule has 1 aliphatic rings. The quantitative estimate of drug-likeness (QED) is 0.771. The van der Waals surface area contributed by atoms with E-state index in [0.29, 0.717) is 4.34 Å². The Morgan fingerprint density at radius 2 is 2.44 bits per heavy atom. The highest BCUT2D eigenvalue weighted by molar-refractivity contribution is 8.01. The third-order valence-electron chi connectivity index (χ3n) is 2.79. The van der Waals surface area contributed by atoms with Crippen molar-refractivity contribution in [3.8, 4) is 0 Å². The number of aromatic nitrogens is 2. The molecular weight excluding hydrogens is 274 g/mol. The number of nitrogens with one attached hydrogen (secondary N) is 1. The summed E-state index contributed by atoms with van der Waals surface area (Å²) in [6, 6.07) is 0.278. The minimum absolute atomic E-state index is 0.0127. The Morgan fingerprint density at radius 1 is 1.61 bits per heavy atom. The summed E-state index contributed by atoms with van der Waals surface area (Å²) in [6.45, 7) is 0. The van der Waals surface area contributed by atoms with E-state index in [0.717, 1.165) is 24.4 Å². The van der Waals surface area contributed by atoms with E-state index in [9.17, 15) is 4.79 Å². The molecule has 0 saturated heterocycles. The molecule has 6 nitrogen and oxygen atoms in total. The van der Waals surface area contributed by atoms with Gasteiger partial charge in [0.2, 0.25) is 5.13 Å². The average molecular weight is 289 g/mol. The van der Waals surface area contributed by atoms with Gasteiger partial charge in [-0.15, -0.1) is 10.2 Å². The average Bonchev–Trinajstić information content (AvgIpc) is 2.96. The van der Waals surface area contributed by atoms with Crippen molar-refractivity contribution < 1.29 is 14.6 Å². The smallest absolute Gasteiger partial charge is 0.313 e. The van der Waals surface area contributed by atoms with Crippen LogP contribution >= 0.6 is 23.1 Å². The number of hydrogen-bond donors (Lipinski definition) is 2. The van der Waals surface area contributed by atoms with Crippen LogP contribution in [0.3, 0.4) is 0 Å². The molecule has 2 N–H and O–H groups in total. The van der Waals surface area contributed by atoms with Crippen LogP contribution in [0, 0.1) is 0 Å². The summed E-state index contributed by atoms with van der Waals surface area (Å²) < 4.78 is 6.07. The fourth-order valence-corrected chi connectivity index (χ4v) is 3.52. The summed E-state index contributed by atoms with van der Waals surface area (Å²) in [4.78, 5) is 10.4. The molecule has 2 unspecified atom stereocenters. The molecule has 0 radical (unpaired) electrons. The molecule has 0 amide bonds. The summed E-state index contributed by atoms with van der Waals surface area (Å²) >= 11 is 2.57. The Balaban J connectivity index is 1.88. The largest absolute Gasteiger partial charge is 0.481 e. The van der Waals surface area contributed by atoms with E-state index in [1.54, 1.807) is 7.11 Å². The molecule has 2 atom stereocenters. The van der Waals surface area contributed by atoms with Crippen molar-refractivity contribution in [3.05, 3.63) is 0 Å². The van der Waals surface area contributed by atoms with Crippen LogP contribution in [0.1, 0.15) is 19.3 Å². The molecule has 2 rings (SSSR count). The Kier molecular flexibility index (Phi) is 4.79. The van der Waals surface area contributed by atoms with Crippen molar-refractivity contribution in [2.45, 2.75) is 35.7 Å². The van der Waals surface area contributed by atoms with Gasteiger partial charge < -0.3 is 15.2 Å². The third-order valence-corrected chi connectivity index (χ3v) is 4.76. The predicted molar refractivity (Wildman–Crippen MR) is 70.3 cm³/mol. The van der Waals surface area contributed by atoms with Crippen molar-refractivity contribution in [2.75, 3.05) is 18.2 Å². The van der Waals surface area contributed by atoms with Crippen molar-refractivity contribution in [2.24, 2.45) is 0 Å². The summed E-state index contributed by atoms with van der Waals surface area (Å²) in [7, 11) is 1.72. The van der Waals surface area contributed by atoms with Gasteiger partial charge in [0.15, 0.2) is 4.34 Å². The van der Waals surface area contributed by atoms with Gasteiger partial charge in [0.1, 0.15) is 0 Å². The maximum absolute atomic E-state index is 10.4. The van der Waals surface area contributed by atoms with Crippen LogP contribution in [0.4, 0.5) is 5.13 Å². The van der Waals surface area contributed by atoms with Gasteiger partial charge in [-0.2, -0.15) is 0 Å². The Hall–Kier alpha value is -0.860. The molecule has 0 aliphatic heterocycles. The highest BCUT2D eigenvalue weighted by Gasteiger charge is 2.27. The van der Waals surface area contributed by atoms with Crippen molar-refractivity contribution in [1.82, 2.24) is 10.2 Å². The van der Waals surface area contributed by atoms with Crippen LogP contribution in [0.5, 0.6) is 0 Å². The monoisotopic (exact) mass is 289 g/mol. The van der Waals surface area contributed by atoms with Crippen molar-refractivity contribution in [3.63, 3.8) is 0 Å². The second kappa shape index (κ2) is 6.35. The Labute approximate surface area is 113 Å². The first-order valence-electron chi connectivity index (χ1n) is 5.66. The number of thioether (sulfide) groups is 1. The maximum atomic E-state index is 10.4. The van der Waals surface area contributed by atoms with E-state index in [2.05, 4.69) is 15.5 Å². The molecule has 1 saturated carbocycles. The lowest BCUT2D eigenvalue weighted by Crippen LogP contribution is -2.29. The van der Waals surface area contributed by atoms with Crippen LogP contribution in [-0.2, 0) is 9.53 Å². The molecule has 0 bridgehead atoms. The number of carbonyl (C=O) groups is 1. The SMILES string of the molecule is COC1CCCC1Nc1nnc(SCC(=O)O)s1. The molecule has 8 heteroatoms. The topological polar surface area (TPSA) is 84.3 Å². The number of nitrogens with zero attached hydrogens (tertiary/aromatic N) is 2. The number of methoxy groups -OCH3 is 1. The lowest BCUT2D eigenvalue weighted by molar-refractivity contribution is -0.133. The van der Waals surface area contributed by atoms with Crippen LogP contribution in [0.15, 0.2) is 4.34 Å².